The van der Waals surface area contributed by atoms with Crippen LogP contribution < -0.4 is 10.0 Å². The Morgan fingerprint density at radius 1 is 1.11 bits per heavy atom. The maximum atomic E-state index is 12.7. The summed E-state index contributed by atoms with van der Waals surface area (Å²) in [4.78, 5) is 14.9. The summed E-state index contributed by atoms with van der Waals surface area (Å²) in [5.41, 5.74) is 2.82. The second-order valence-electron chi connectivity index (χ2n) is 6.72. The molecule has 0 spiro atoms. The van der Waals surface area contributed by atoms with Gasteiger partial charge in [-0.15, -0.1) is 0 Å². The largest absolute Gasteiger partial charge is 0.350 e. The number of benzene rings is 2. The Hall–Kier alpha value is -2.22. The van der Waals surface area contributed by atoms with Crippen LogP contribution in [-0.4, -0.2) is 46.9 Å². The molecule has 146 valence electrons. The Bertz CT molecular complexity index is 910. The third kappa shape index (κ3) is 4.94. The minimum absolute atomic E-state index is 0.0159. The second-order valence-corrected chi connectivity index (χ2v) is 8.58. The van der Waals surface area contributed by atoms with Gasteiger partial charge >= 0.3 is 0 Å². The fraction of sp³-hybridized carbons (Fsp3) is 0.350. The fourth-order valence-electron chi connectivity index (χ4n) is 2.91. The van der Waals surface area contributed by atoms with E-state index in [0.717, 1.165) is 11.1 Å². The first-order chi connectivity index (χ1) is 12.7. The van der Waals surface area contributed by atoms with Crippen molar-refractivity contribution in [2.24, 2.45) is 0 Å². The average Bonchev–Trinajstić information content (AvgIpc) is 2.64. The summed E-state index contributed by atoms with van der Waals surface area (Å²) in [6.07, 6.45) is 0. The SMILES string of the molecule is CNS(=O)(=O)c1cc(C(=O)NCC(c2ccccc2)N(C)C)cc(C)c1C. The zero-order chi connectivity index (χ0) is 20.2. The number of carbonyl (C=O) groups excluding carboxylic acids is 1. The smallest absolute Gasteiger partial charge is 0.251 e. The van der Waals surface area contributed by atoms with Gasteiger partial charge in [0.05, 0.1) is 10.9 Å². The van der Waals surface area contributed by atoms with Crippen LogP contribution >= 0.6 is 0 Å². The van der Waals surface area contributed by atoms with Gasteiger partial charge in [0.2, 0.25) is 10.0 Å². The molecule has 27 heavy (non-hydrogen) atoms. The monoisotopic (exact) mass is 389 g/mol. The van der Waals surface area contributed by atoms with E-state index in [9.17, 15) is 13.2 Å². The van der Waals surface area contributed by atoms with E-state index in [4.69, 9.17) is 0 Å². The number of amides is 1. The second kappa shape index (κ2) is 8.65. The van der Waals surface area contributed by atoms with Crippen molar-refractivity contribution < 1.29 is 13.2 Å². The van der Waals surface area contributed by atoms with E-state index in [1.165, 1.54) is 13.1 Å². The molecule has 1 atom stereocenters. The molecule has 2 N–H and O–H groups in total. The molecule has 7 heteroatoms. The molecule has 0 aliphatic heterocycles. The first kappa shape index (κ1) is 21.1. The van der Waals surface area contributed by atoms with Crippen molar-refractivity contribution in [1.82, 2.24) is 14.9 Å². The summed E-state index contributed by atoms with van der Waals surface area (Å²) in [5.74, 6) is -0.298. The molecule has 0 heterocycles. The van der Waals surface area contributed by atoms with E-state index in [0.29, 0.717) is 17.7 Å². The molecule has 0 aliphatic carbocycles. The number of hydrogen-bond donors (Lipinski definition) is 2. The van der Waals surface area contributed by atoms with E-state index in [-0.39, 0.29) is 16.8 Å². The quantitative estimate of drug-likeness (QED) is 0.761. The van der Waals surface area contributed by atoms with Crippen LogP contribution in [0.5, 0.6) is 0 Å². The first-order valence-electron chi connectivity index (χ1n) is 8.71. The Kier molecular flexibility index (Phi) is 6.75. The van der Waals surface area contributed by atoms with E-state index in [2.05, 4.69) is 10.0 Å². The lowest BCUT2D eigenvalue weighted by Crippen LogP contribution is -2.34. The highest BCUT2D eigenvalue weighted by atomic mass is 32.2. The number of nitrogens with one attached hydrogen (secondary N) is 2. The summed E-state index contributed by atoms with van der Waals surface area (Å²) in [7, 11) is 1.64. The minimum atomic E-state index is -3.63. The third-order valence-electron chi connectivity index (χ3n) is 4.70. The number of carbonyl (C=O) groups is 1. The highest BCUT2D eigenvalue weighted by Crippen LogP contribution is 2.21. The van der Waals surface area contributed by atoms with E-state index < -0.39 is 10.0 Å². The minimum Gasteiger partial charge on any atom is -0.350 e. The molecular weight excluding hydrogens is 362 g/mol. The van der Waals surface area contributed by atoms with E-state index in [1.54, 1.807) is 19.9 Å². The first-order valence-corrected chi connectivity index (χ1v) is 10.2. The van der Waals surface area contributed by atoms with Gasteiger partial charge < -0.3 is 10.2 Å². The number of aryl methyl sites for hydroxylation is 1. The van der Waals surface area contributed by atoms with Gasteiger partial charge in [0.15, 0.2) is 0 Å². The number of rotatable bonds is 7. The summed E-state index contributed by atoms with van der Waals surface area (Å²) < 4.78 is 26.8. The predicted octanol–water partition coefficient (Wildman–Crippen LogP) is 2.24. The van der Waals surface area contributed by atoms with Crippen LogP contribution in [0.4, 0.5) is 0 Å². The highest BCUT2D eigenvalue weighted by molar-refractivity contribution is 7.89. The van der Waals surface area contributed by atoms with Crippen LogP contribution in [0.1, 0.15) is 33.1 Å². The summed E-state index contributed by atoms with van der Waals surface area (Å²) in [6.45, 7) is 3.95. The zero-order valence-electron chi connectivity index (χ0n) is 16.4. The van der Waals surface area contributed by atoms with Crippen LogP contribution in [0.2, 0.25) is 0 Å². The topological polar surface area (TPSA) is 78.5 Å². The van der Waals surface area contributed by atoms with Crippen LogP contribution in [0.3, 0.4) is 0 Å². The van der Waals surface area contributed by atoms with Gasteiger partial charge in [-0.25, -0.2) is 13.1 Å². The highest BCUT2D eigenvalue weighted by Gasteiger charge is 2.20. The van der Waals surface area contributed by atoms with Gasteiger partial charge in [-0.2, -0.15) is 0 Å². The zero-order valence-corrected chi connectivity index (χ0v) is 17.2. The van der Waals surface area contributed by atoms with Crippen molar-refractivity contribution in [1.29, 1.82) is 0 Å². The normalized spacial score (nSPS) is 12.8. The number of nitrogens with zero attached hydrogens (tertiary/aromatic N) is 1. The number of hydrogen-bond acceptors (Lipinski definition) is 4. The van der Waals surface area contributed by atoms with Gasteiger partial charge in [0, 0.05) is 12.1 Å². The molecule has 0 aliphatic rings. The van der Waals surface area contributed by atoms with Crippen molar-refractivity contribution in [2.75, 3.05) is 27.7 Å². The molecule has 1 amide bonds. The van der Waals surface area contributed by atoms with Crippen molar-refractivity contribution in [3.05, 3.63) is 64.7 Å². The van der Waals surface area contributed by atoms with Gasteiger partial charge in [-0.3, -0.25) is 4.79 Å². The Morgan fingerprint density at radius 2 is 1.74 bits per heavy atom. The van der Waals surface area contributed by atoms with E-state index in [1.807, 2.05) is 49.3 Å². The number of likely N-dealkylation sites (N-methyl/N-ethyl adjacent to an activating group) is 1. The molecule has 0 fully saturated rings. The standard InChI is InChI=1S/C20H27N3O3S/c1-14-11-17(12-19(15(14)2)27(25,26)21-3)20(24)22-13-18(23(4)5)16-9-7-6-8-10-16/h6-12,18,21H,13H2,1-5H3,(H,22,24). The molecule has 6 nitrogen and oxygen atoms in total. The molecule has 0 bridgehead atoms. The Morgan fingerprint density at radius 3 is 2.30 bits per heavy atom. The summed E-state index contributed by atoms with van der Waals surface area (Å²) >= 11 is 0. The molecule has 1 unspecified atom stereocenters. The van der Waals surface area contributed by atoms with Crippen LogP contribution in [0, 0.1) is 13.8 Å². The molecule has 2 rings (SSSR count). The Balaban J connectivity index is 2.25. The van der Waals surface area contributed by atoms with Gasteiger partial charge in [-0.1, -0.05) is 30.3 Å². The van der Waals surface area contributed by atoms with Crippen LogP contribution in [-0.2, 0) is 10.0 Å². The average molecular weight is 390 g/mol. The molecule has 0 aromatic heterocycles. The van der Waals surface area contributed by atoms with Gasteiger partial charge in [0.25, 0.3) is 5.91 Å². The molecular formula is C20H27N3O3S. The molecule has 0 saturated carbocycles. The lowest BCUT2D eigenvalue weighted by atomic mass is 10.0. The lowest BCUT2D eigenvalue weighted by molar-refractivity contribution is 0.0941. The molecule has 2 aromatic rings. The van der Waals surface area contributed by atoms with Crippen molar-refractivity contribution >= 4 is 15.9 Å². The van der Waals surface area contributed by atoms with Crippen molar-refractivity contribution in [3.63, 3.8) is 0 Å². The number of sulfonamides is 1. The van der Waals surface area contributed by atoms with Crippen LogP contribution in [0.25, 0.3) is 0 Å². The molecule has 0 radical (unpaired) electrons. The molecule has 0 saturated heterocycles. The van der Waals surface area contributed by atoms with Gasteiger partial charge in [0.1, 0.15) is 0 Å². The van der Waals surface area contributed by atoms with Gasteiger partial charge in [-0.05, 0) is 63.8 Å². The lowest BCUT2D eigenvalue weighted by Gasteiger charge is -2.25. The fourth-order valence-corrected chi connectivity index (χ4v) is 3.98. The van der Waals surface area contributed by atoms with E-state index >= 15 is 0 Å². The van der Waals surface area contributed by atoms with Crippen LogP contribution in [0.15, 0.2) is 47.4 Å². The van der Waals surface area contributed by atoms with Crippen molar-refractivity contribution in [2.45, 2.75) is 24.8 Å². The third-order valence-corrected chi connectivity index (χ3v) is 6.24. The maximum absolute atomic E-state index is 12.7. The summed E-state index contributed by atoms with van der Waals surface area (Å²) in [5, 5.41) is 2.93. The molecule has 2 aromatic carbocycles. The summed E-state index contributed by atoms with van der Waals surface area (Å²) in [6, 6.07) is 13.1. The predicted molar refractivity (Wildman–Crippen MR) is 107 cm³/mol. The van der Waals surface area contributed by atoms with Crippen molar-refractivity contribution in [3.8, 4) is 0 Å². The Labute approximate surface area is 161 Å². The maximum Gasteiger partial charge on any atom is 0.251 e.